The minimum atomic E-state index is -0.206. The molecule has 0 radical (unpaired) electrons. The van der Waals surface area contributed by atoms with E-state index in [-0.39, 0.29) is 18.4 Å². The molecule has 1 N–H and O–H groups in total. The van der Waals surface area contributed by atoms with Gasteiger partial charge in [-0.05, 0) is 6.42 Å². The topological polar surface area (TPSA) is 62.1 Å². The molecule has 60 valence electrons. The average molecular weight is 154 g/mol. The molecular formula is C7H10N2O2. The van der Waals surface area contributed by atoms with Gasteiger partial charge in [-0.25, -0.2) is 0 Å². The molecule has 0 aliphatic carbocycles. The molecule has 0 saturated carbocycles. The van der Waals surface area contributed by atoms with Crippen molar-refractivity contribution in [2.24, 2.45) is 0 Å². The Morgan fingerprint density at radius 3 is 3.18 bits per heavy atom. The van der Waals surface area contributed by atoms with Crippen LogP contribution in [0.3, 0.4) is 0 Å². The van der Waals surface area contributed by atoms with Crippen molar-refractivity contribution in [3.05, 3.63) is 0 Å². The molecule has 0 aromatic rings. The van der Waals surface area contributed by atoms with E-state index in [1.54, 1.807) is 6.07 Å². The molecule has 1 atom stereocenters. The summed E-state index contributed by atoms with van der Waals surface area (Å²) in [4.78, 5) is 10.8. The zero-order chi connectivity index (χ0) is 8.10. The van der Waals surface area contributed by atoms with E-state index in [2.05, 4.69) is 5.32 Å². The molecule has 4 nitrogen and oxygen atoms in total. The van der Waals surface area contributed by atoms with Crippen LogP contribution in [0.1, 0.15) is 12.8 Å². The van der Waals surface area contributed by atoms with Crippen LogP contribution in [-0.2, 0) is 9.53 Å². The molecule has 1 heterocycles. The van der Waals surface area contributed by atoms with E-state index in [1.165, 1.54) is 0 Å². The first-order valence-corrected chi connectivity index (χ1v) is 3.57. The Bertz CT molecular complexity index is 179. The van der Waals surface area contributed by atoms with Gasteiger partial charge >= 0.3 is 0 Å². The van der Waals surface area contributed by atoms with E-state index in [0.717, 1.165) is 6.42 Å². The first-order valence-electron chi connectivity index (χ1n) is 3.57. The third-order valence-corrected chi connectivity index (χ3v) is 1.53. The molecule has 1 aliphatic rings. The number of nitrogens with one attached hydrogen (secondary N) is 1. The summed E-state index contributed by atoms with van der Waals surface area (Å²) in [5, 5.41) is 10.9. The van der Waals surface area contributed by atoms with E-state index in [9.17, 15) is 4.79 Å². The van der Waals surface area contributed by atoms with Crippen LogP contribution in [0, 0.1) is 11.3 Å². The standard InChI is InChI=1S/C7H10N2O2/c8-3-1-7(10)9-6-2-4-11-5-6/h6H,1-2,4-5H2,(H,9,10). The van der Waals surface area contributed by atoms with Gasteiger partial charge in [-0.1, -0.05) is 0 Å². The largest absolute Gasteiger partial charge is 0.379 e. The van der Waals surface area contributed by atoms with Crippen molar-refractivity contribution in [3.63, 3.8) is 0 Å². The molecule has 11 heavy (non-hydrogen) atoms. The average Bonchev–Trinajstić information content (AvgIpc) is 2.40. The molecule has 0 spiro atoms. The summed E-state index contributed by atoms with van der Waals surface area (Å²) in [7, 11) is 0. The molecule has 4 heteroatoms. The molecule has 1 fully saturated rings. The van der Waals surface area contributed by atoms with Gasteiger partial charge in [0.05, 0.1) is 18.7 Å². The first-order chi connectivity index (χ1) is 5.33. The number of carbonyl (C=O) groups excluding carboxylic acids is 1. The summed E-state index contributed by atoms with van der Waals surface area (Å²) >= 11 is 0. The minimum absolute atomic E-state index is 0.0590. The maximum atomic E-state index is 10.8. The Morgan fingerprint density at radius 1 is 1.82 bits per heavy atom. The fraction of sp³-hybridized carbons (Fsp3) is 0.714. The lowest BCUT2D eigenvalue weighted by Gasteiger charge is -2.07. The summed E-state index contributed by atoms with van der Waals surface area (Å²) in [6.45, 7) is 1.29. The molecule has 1 unspecified atom stereocenters. The lowest BCUT2D eigenvalue weighted by Crippen LogP contribution is -2.34. The molecule has 0 bridgehead atoms. The molecule has 0 aromatic carbocycles. The fourth-order valence-corrected chi connectivity index (χ4v) is 0.999. The number of hydrogen-bond donors (Lipinski definition) is 1. The van der Waals surface area contributed by atoms with Gasteiger partial charge in [-0.2, -0.15) is 5.26 Å². The van der Waals surface area contributed by atoms with Crippen molar-refractivity contribution in [2.45, 2.75) is 18.9 Å². The van der Waals surface area contributed by atoms with Gasteiger partial charge in [0, 0.05) is 6.61 Å². The Balaban J connectivity index is 2.19. The van der Waals surface area contributed by atoms with Crippen LogP contribution in [0.25, 0.3) is 0 Å². The number of ether oxygens (including phenoxy) is 1. The second kappa shape index (κ2) is 3.94. The number of amides is 1. The monoisotopic (exact) mass is 154 g/mol. The summed E-state index contributed by atoms with van der Waals surface area (Å²) in [5.41, 5.74) is 0. The predicted molar refractivity (Wildman–Crippen MR) is 37.6 cm³/mol. The van der Waals surface area contributed by atoms with Gasteiger partial charge in [0.1, 0.15) is 6.42 Å². The summed E-state index contributed by atoms with van der Waals surface area (Å²) in [6, 6.07) is 1.91. The molecule has 1 rings (SSSR count). The molecule has 1 aliphatic heterocycles. The zero-order valence-corrected chi connectivity index (χ0v) is 6.17. The predicted octanol–water partition coefficient (Wildman–Crippen LogP) is -0.195. The normalized spacial score (nSPS) is 22.6. The van der Waals surface area contributed by atoms with E-state index >= 15 is 0 Å². The fourth-order valence-electron chi connectivity index (χ4n) is 0.999. The third-order valence-electron chi connectivity index (χ3n) is 1.53. The Labute approximate surface area is 65.1 Å². The van der Waals surface area contributed by atoms with Gasteiger partial charge < -0.3 is 10.1 Å². The van der Waals surface area contributed by atoms with Gasteiger partial charge in [0.2, 0.25) is 5.91 Å². The van der Waals surface area contributed by atoms with Crippen molar-refractivity contribution in [1.29, 1.82) is 5.26 Å². The highest BCUT2D eigenvalue weighted by Crippen LogP contribution is 2.02. The van der Waals surface area contributed by atoms with E-state index in [1.807, 2.05) is 0 Å². The van der Waals surface area contributed by atoms with Gasteiger partial charge in [0.15, 0.2) is 0 Å². The van der Waals surface area contributed by atoms with Crippen LogP contribution >= 0.6 is 0 Å². The summed E-state index contributed by atoms with van der Waals surface area (Å²) in [5.74, 6) is -0.206. The number of hydrogen-bond acceptors (Lipinski definition) is 3. The molecule has 0 aromatic heterocycles. The summed E-state index contributed by atoms with van der Waals surface area (Å²) in [6.07, 6.45) is 0.799. The summed E-state index contributed by atoms with van der Waals surface area (Å²) < 4.78 is 5.04. The highest BCUT2D eigenvalue weighted by Gasteiger charge is 2.16. The zero-order valence-electron chi connectivity index (χ0n) is 6.17. The van der Waals surface area contributed by atoms with Crippen LogP contribution in [0.2, 0.25) is 0 Å². The van der Waals surface area contributed by atoms with Crippen LogP contribution < -0.4 is 5.32 Å². The number of carbonyl (C=O) groups is 1. The van der Waals surface area contributed by atoms with Gasteiger partial charge in [-0.15, -0.1) is 0 Å². The lowest BCUT2D eigenvalue weighted by molar-refractivity contribution is -0.120. The highest BCUT2D eigenvalue weighted by molar-refractivity contribution is 5.78. The quantitative estimate of drug-likeness (QED) is 0.599. The van der Waals surface area contributed by atoms with Crippen molar-refractivity contribution < 1.29 is 9.53 Å². The SMILES string of the molecule is N#CCC(=O)NC1CCOC1. The maximum absolute atomic E-state index is 10.8. The molecule has 1 saturated heterocycles. The van der Waals surface area contributed by atoms with Crippen molar-refractivity contribution >= 4 is 5.91 Å². The lowest BCUT2D eigenvalue weighted by atomic mass is 10.2. The smallest absolute Gasteiger partial charge is 0.234 e. The van der Waals surface area contributed by atoms with E-state index in [0.29, 0.717) is 13.2 Å². The van der Waals surface area contributed by atoms with Crippen LogP contribution in [0.4, 0.5) is 0 Å². The second-order valence-corrected chi connectivity index (χ2v) is 2.46. The Kier molecular flexibility index (Phi) is 2.87. The third kappa shape index (κ3) is 2.56. The van der Waals surface area contributed by atoms with Gasteiger partial charge in [-0.3, -0.25) is 4.79 Å². The van der Waals surface area contributed by atoms with Crippen molar-refractivity contribution in [1.82, 2.24) is 5.32 Å². The van der Waals surface area contributed by atoms with E-state index < -0.39 is 0 Å². The molecule has 1 amide bonds. The van der Waals surface area contributed by atoms with Crippen molar-refractivity contribution in [3.8, 4) is 6.07 Å². The first kappa shape index (κ1) is 8.02. The Hall–Kier alpha value is -1.08. The van der Waals surface area contributed by atoms with Crippen LogP contribution in [-0.4, -0.2) is 25.2 Å². The number of nitriles is 1. The second-order valence-electron chi connectivity index (χ2n) is 2.46. The highest BCUT2D eigenvalue weighted by atomic mass is 16.5. The Morgan fingerprint density at radius 2 is 2.64 bits per heavy atom. The molecular weight excluding hydrogens is 144 g/mol. The number of nitrogens with zero attached hydrogens (tertiary/aromatic N) is 1. The van der Waals surface area contributed by atoms with Gasteiger partial charge in [0.25, 0.3) is 0 Å². The maximum Gasteiger partial charge on any atom is 0.234 e. The minimum Gasteiger partial charge on any atom is -0.379 e. The van der Waals surface area contributed by atoms with E-state index in [4.69, 9.17) is 10.00 Å². The van der Waals surface area contributed by atoms with Crippen LogP contribution in [0.5, 0.6) is 0 Å². The number of rotatable bonds is 2. The van der Waals surface area contributed by atoms with Crippen LogP contribution in [0.15, 0.2) is 0 Å². The van der Waals surface area contributed by atoms with Crippen molar-refractivity contribution in [2.75, 3.05) is 13.2 Å².